The number of aryl methyl sites for hydroxylation is 1. The van der Waals surface area contributed by atoms with Crippen molar-refractivity contribution in [3.05, 3.63) is 65.9 Å². The van der Waals surface area contributed by atoms with E-state index in [1.54, 1.807) is 12.4 Å². The van der Waals surface area contributed by atoms with E-state index in [1.165, 1.54) is 6.20 Å². The number of hydrogen-bond acceptors (Lipinski definition) is 5. The molecule has 132 valence electrons. The zero-order valence-corrected chi connectivity index (χ0v) is 14.5. The highest BCUT2D eigenvalue weighted by molar-refractivity contribution is 5.92. The molecule has 1 atom stereocenters. The smallest absolute Gasteiger partial charge is 0.271 e. The van der Waals surface area contributed by atoms with Gasteiger partial charge in [-0.3, -0.25) is 14.8 Å². The van der Waals surface area contributed by atoms with Crippen LogP contribution in [0.25, 0.3) is 10.9 Å². The summed E-state index contributed by atoms with van der Waals surface area (Å²) in [5, 5.41) is 13.8. The molecule has 2 aromatic heterocycles. The monoisotopic (exact) mass is 348 g/mol. The van der Waals surface area contributed by atoms with Crippen LogP contribution in [-0.2, 0) is 0 Å². The lowest BCUT2D eigenvalue weighted by molar-refractivity contribution is 0.0234. The number of nitrogens with one attached hydrogen (secondary N) is 1. The maximum absolute atomic E-state index is 12.6. The van der Waals surface area contributed by atoms with Gasteiger partial charge in [-0.25, -0.2) is 4.98 Å². The van der Waals surface area contributed by atoms with Crippen molar-refractivity contribution < 1.29 is 9.90 Å². The first-order valence-electron chi connectivity index (χ1n) is 8.72. The molecule has 2 N–H and O–H groups in total. The number of aliphatic hydroxyl groups is 1. The molecular formula is C20H20N4O2. The van der Waals surface area contributed by atoms with Crippen LogP contribution in [0.4, 0.5) is 0 Å². The lowest BCUT2D eigenvalue weighted by Gasteiger charge is -2.38. The van der Waals surface area contributed by atoms with Gasteiger partial charge in [-0.05, 0) is 43.4 Å². The Bertz CT molecular complexity index is 936. The Kier molecular flexibility index (Phi) is 4.34. The average Bonchev–Trinajstić information content (AvgIpc) is 2.64. The van der Waals surface area contributed by atoms with Crippen LogP contribution in [0, 0.1) is 12.8 Å². The van der Waals surface area contributed by atoms with Crippen LogP contribution >= 0.6 is 0 Å². The molecule has 1 saturated carbocycles. The Morgan fingerprint density at radius 3 is 2.69 bits per heavy atom. The van der Waals surface area contributed by atoms with E-state index in [9.17, 15) is 9.90 Å². The van der Waals surface area contributed by atoms with Crippen molar-refractivity contribution in [2.75, 3.05) is 0 Å². The van der Waals surface area contributed by atoms with E-state index >= 15 is 0 Å². The number of para-hydroxylation sites is 1. The standard InChI is InChI=1S/C20H20N4O2/c1-12-9-22-18(11-21-12)20(26)24-19(14-7-16(25)8-14)15-6-13-4-2-3-5-17(13)23-10-15/h2-6,9-11,14,16,19,25H,7-8H2,1H3,(H,24,26)/t14?,16?,19-/m0/s1. The van der Waals surface area contributed by atoms with E-state index in [-0.39, 0.29) is 29.7 Å². The molecular weight excluding hydrogens is 328 g/mol. The third-order valence-corrected chi connectivity index (χ3v) is 4.89. The molecule has 6 nitrogen and oxygen atoms in total. The van der Waals surface area contributed by atoms with Gasteiger partial charge < -0.3 is 10.4 Å². The van der Waals surface area contributed by atoms with Crippen LogP contribution in [0.2, 0.25) is 0 Å². The summed E-state index contributed by atoms with van der Waals surface area (Å²) < 4.78 is 0. The number of carbonyl (C=O) groups excluding carboxylic acids is 1. The topological polar surface area (TPSA) is 88.0 Å². The van der Waals surface area contributed by atoms with Gasteiger partial charge in [0.05, 0.1) is 29.6 Å². The van der Waals surface area contributed by atoms with Crippen LogP contribution in [0.1, 0.15) is 40.6 Å². The van der Waals surface area contributed by atoms with Crippen molar-refractivity contribution in [3.8, 4) is 0 Å². The second-order valence-corrected chi connectivity index (χ2v) is 6.84. The summed E-state index contributed by atoms with van der Waals surface area (Å²) in [6.07, 6.45) is 5.89. The summed E-state index contributed by atoms with van der Waals surface area (Å²) in [5.41, 5.74) is 2.90. The van der Waals surface area contributed by atoms with Gasteiger partial charge in [-0.2, -0.15) is 0 Å². The van der Waals surface area contributed by atoms with Gasteiger partial charge in [0.15, 0.2) is 0 Å². The number of aromatic nitrogens is 3. The summed E-state index contributed by atoms with van der Waals surface area (Å²) in [5.74, 6) is -0.0904. The summed E-state index contributed by atoms with van der Waals surface area (Å²) in [6.45, 7) is 1.83. The predicted octanol–water partition coefficient (Wildman–Crippen LogP) is 2.58. The molecule has 2 heterocycles. The van der Waals surface area contributed by atoms with Crippen LogP contribution in [-0.4, -0.2) is 32.1 Å². The van der Waals surface area contributed by atoms with Gasteiger partial charge in [-0.1, -0.05) is 18.2 Å². The van der Waals surface area contributed by atoms with E-state index < -0.39 is 0 Å². The fourth-order valence-electron chi connectivity index (χ4n) is 3.36. The molecule has 0 saturated heterocycles. The van der Waals surface area contributed by atoms with Crippen molar-refractivity contribution in [2.24, 2.45) is 5.92 Å². The van der Waals surface area contributed by atoms with E-state index in [1.807, 2.05) is 31.2 Å². The number of pyridine rings is 1. The summed E-state index contributed by atoms with van der Waals surface area (Å²) >= 11 is 0. The van der Waals surface area contributed by atoms with Crippen LogP contribution in [0.3, 0.4) is 0 Å². The molecule has 0 spiro atoms. The quantitative estimate of drug-likeness (QED) is 0.756. The van der Waals surface area contributed by atoms with E-state index in [2.05, 4.69) is 26.3 Å². The highest BCUT2D eigenvalue weighted by Gasteiger charge is 2.36. The first kappa shape index (κ1) is 16.6. The molecule has 4 rings (SSSR count). The first-order chi connectivity index (χ1) is 12.6. The van der Waals surface area contributed by atoms with Crippen molar-refractivity contribution >= 4 is 16.8 Å². The third-order valence-electron chi connectivity index (χ3n) is 4.89. The third kappa shape index (κ3) is 3.28. The maximum atomic E-state index is 12.6. The Morgan fingerprint density at radius 1 is 1.15 bits per heavy atom. The van der Waals surface area contributed by atoms with Crippen molar-refractivity contribution in [3.63, 3.8) is 0 Å². The van der Waals surface area contributed by atoms with Gasteiger partial charge in [0, 0.05) is 17.8 Å². The van der Waals surface area contributed by atoms with E-state index in [4.69, 9.17) is 0 Å². The Morgan fingerprint density at radius 2 is 1.96 bits per heavy atom. The first-order valence-corrected chi connectivity index (χ1v) is 8.72. The molecule has 0 radical (unpaired) electrons. The summed E-state index contributed by atoms with van der Waals surface area (Å²) in [6, 6.07) is 9.72. The molecule has 3 aromatic rings. The van der Waals surface area contributed by atoms with Gasteiger partial charge in [0.1, 0.15) is 5.69 Å². The van der Waals surface area contributed by atoms with Crippen molar-refractivity contribution in [1.82, 2.24) is 20.3 Å². The van der Waals surface area contributed by atoms with Crippen molar-refractivity contribution in [2.45, 2.75) is 31.9 Å². The zero-order valence-electron chi connectivity index (χ0n) is 14.5. The number of nitrogens with zero attached hydrogens (tertiary/aromatic N) is 3. The van der Waals surface area contributed by atoms with Gasteiger partial charge >= 0.3 is 0 Å². The molecule has 26 heavy (non-hydrogen) atoms. The number of aliphatic hydroxyl groups excluding tert-OH is 1. The fraction of sp³-hybridized carbons (Fsp3) is 0.300. The molecule has 1 amide bonds. The van der Waals surface area contributed by atoms with Gasteiger partial charge in [0.2, 0.25) is 0 Å². The number of carbonyl (C=O) groups is 1. The van der Waals surface area contributed by atoms with Gasteiger partial charge in [-0.15, -0.1) is 0 Å². The highest BCUT2D eigenvalue weighted by atomic mass is 16.3. The zero-order chi connectivity index (χ0) is 18.1. The second kappa shape index (κ2) is 6.80. The van der Waals surface area contributed by atoms with Crippen molar-refractivity contribution in [1.29, 1.82) is 0 Å². The minimum atomic E-state index is -0.299. The maximum Gasteiger partial charge on any atom is 0.271 e. The number of amides is 1. The molecule has 1 aromatic carbocycles. The van der Waals surface area contributed by atoms with E-state index in [0.29, 0.717) is 12.8 Å². The minimum Gasteiger partial charge on any atom is -0.393 e. The molecule has 0 bridgehead atoms. The summed E-state index contributed by atoms with van der Waals surface area (Å²) in [7, 11) is 0. The largest absolute Gasteiger partial charge is 0.393 e. The summed E-state index contributed by atoms with van der Waals surface area (Å²) in [4.78, 5) is 25.4. The Hall–Kier alpha value is -2.86. The highest BCUT2D eigenvalue weighted by Crippen LogP contribution is 2.38. The normalized spacial score (nSPS) is 20.4. The Labute approximate surface area is 151 Å². The lowest BCUT2D eigenvalue weighted by atomic mass is 9.75. The van der Waals surface area contributed by atoms with Crippen LogP contribution < -0.4 is 5.32 Å². The predicted molar refractivity (Wildman–Crippen MR) is 97.5 cm³/mol. The minimum absolute atomic E-state index is 0.176. The number of hydrogen-bond donors (Lipinski definition) is 2. The van der Waals surface area contributed by atoms with E-state index in [0.717, 1.165) is 22.2 Å². The molecule has 1 fully saturated rings. The number of benzene rings is 1. The number of rotatable bonds is 4. The average molecular weight is 348 g/mol. The molecule has 1 aliphatic rings. The number of fused-ring (bicyclic) bond motifs is 1. The Balaban J connectivity index is 1.63. The molecule has 6 heteroatoms. The SMILES string of the molecule is Cc1cnc(C(=O)N[C@H](c2cnc3ccccc3c2)C2CC(O)C2)cn1. The lowest BCUT2D eigenvalue weighted by Crippen LogP contribution is -2.41. The van der Waals surface area contributed by atoms with Gasteiger partial charge in [0.25, 0.3) is 5.91 Å². The molecule has 0 aliphatic heterocycles. The fourth-order valence-corrected chi connectivity index (χ4v) is 3.36. The molecule has 1 aliphatic carbocycles. The second-order valence-electron chi connectivity index (χ2n) is 6.84. The molecule has 0 unspecified atom stereocenters. The van der Waals surface area contributed by atoms with Crippen LogP contribution in [0.15, 0.2) is 48.9 Å². The van der Waals surface area contributed by atoms with Crippen LogP contribution in [0.5, 0.6) is 0 Å².